The summed E-state index contributed by atoms with van der Waals surface area (Å²) in [6.45, 7) is 0.346. The third-order valence-corrected chi connectivity index (χ3v) is 2.68. The minimum absolute atomic E-state index is 0.0295. The summed E-state index contributed by atoms with van der Waals surface area (Å²) < 4.78 is 9.84. The first-order valence-electron chi connectivity index (χ1n) is 5.96. The van der Waals surface area contributed by atoms with Gasteiger partial charge in [-0.05, 0) is 18.6 Å². The van der Waals surface area contributed by atoms with Gasteiger partial charge in [-0.1, -0.05) is 0 Å². The molecule has 1 aromatic carbocycles. The van der Waals surface area contributed by atoms with Gasteiger partial charge in [0.1, 0.15) is 5.75 Å². The van der Waals surface area contributed by atoms with Gasteiger partial charge in [0, 0.05) is 19.8 Å². The molecule has 0 aliphatic carbocycles. The van der Waals surface area contributed by atoms with Gasteiger partial charge in [0.2, 0.25) is 5.91 Å². The van der Waals surface area contributed by atoms with Crippen molar-refractivity contribution in [3.8, 4) is 5.75 Å². The van der Waals surface area contributed by atoms with Crippen molar-refractivity contribution in [2.45, 2.75) is 12.5 Å². The number of rotatable bonds is 7. The summed E-state index contributed by atoms with van der Waals surface area (Å²) in [5, 5.41) is 11.6. The molecule has 1 atom stereocenters. The Morgan fingerprint density at radius 3 is 2.65 bits per heavy atom. The van der Waals surface area contributed by atoms with Gasteiger partial charge in [0.25, 0.3) is 0 Å². The highest BCUT2D eigenvalue weighted by Gasteiger charge is 2.17. The smallest absolute Gasteiger partial charge is 0.337 e. The Morgan fingerprint density at radius 2 is 2.10 bits per heavy atom. The van der Waals surface area contributed by atoms with Gasteiger partial charge in [0.05, 0.1) is 24.4 Å². The van der Waals surface area contributed by atoms with Crippen LogP contribution >= 0.6 is 0 Å². The van der Waals surface area contributed by atoms with E-state index in [1.54, 1.807) is 0 Å². The van der Waals surface area contributed by atoms with E-state index < -0.39 is 17.9 Å². The maximum absolute atomic E-state index is 11.9. The van der Waals surface area contributed by atoms with Crippen LogP contribution in [-0.4, -0.2) is 43.9 Å². The second kappa shape index (κ2) is 7.46. The number of nitrogens with one attached hydrogen (secondary N) is 1. The second-order valence-corrected chi connectivity index (χ2v) is 4.09. The van der Waals surface area contributed by atoms with Gasteiger partial charge >= 0.3 is 5.97 Å². The predicted octanol–water partition coefficient (Wildman–Crippen LogP) is 0.696. The highest BCUT2D eigenvalue weighted by Crippen LogP contribution is 2.22. The lowest BCUT2D eigenvalue weighted by molar-refractivity contribution is -0.117. The van der Waals surface area contributed by atoms with Crippen LogP contribution < -0.4 is 15.8 Å². The van der Waals surface area contributed by atoms with Crippen LogP contribution in [0.5, 0.6) is 5.75 Å². The summed E-state index contributed by atoms with van der Waals surface area (Å²) >= 11 is 0. The fourth-order valence-electron chi connectivity index (χ4n) is 1.54. The normalized spacial score (nSPS) is 11.8. The molecule has 0 spiro atoms. The molecule has 0 saturated carbocycles. The summed E-state index contributed by atoms with van der Waals surface area (Å²) in [7, 11) is 2.96. The van der Waals surface area contributed by atoms with Crippen molar-refractivity contribution in [1.29, 1.82) is 0 Å². The first-order chi connectivity index (χ1) is 9.49. The maximum Gasteiger partial charge on any atom is 0.337 e. The molecule has 1 amide bonds. The van der Waals surface area contributed by atoms with Crippen molar-refractivity contribution < 1.29 is 24.2 Å². The maximum atomic E-state index is 11.9. The fourth-order valence-corrected chi connectivity index (χ4v) is 1.54. The van der Waals surface area contributed by atoms with Crippen LogP contribution in [0.2, 0.25) is 0 Å². The second-order valence-electron chi connectivity index (χ2n) is 4.09. The van der Waals surface area contributed by atoms with Gasteiger partial charge in [-0.25, -0.2) is 4.79 Å². The van der Waals surface area contributed by atoms with E-state index in [9.17, 15) is 9.59 Å². The van der Waals surface area contributed by atoms with Crippen LogP contribution in [0.15, 0.2) is 18.2 Å². The molecule has 0 saturated heterocycles. The zero-order valence-electron chi connectivity index (χ0n) is 11.4. The van der Waals surface area contributed by atoms with Gasteiger partial charge in [-0.3, -0.25) is 4.79 Å². The standard InChI is InChI=1S/C13H18N2O5/c1-19-6-5-10(14)12(16)15-11-7-8(20-2)3-4-9(11)13(17)18/h3-4,7,10H,5-6,14H2,1-2H3,(H,15,16)(H,17,18). The zero-order chi connectivity index (χ0) is 15.1. The van der Waals surface area contributed by atoms with Gasteiger partial charge < -0.3 is 25.6 Å². The molecule has 7 heteroatoms. The van der Waals surface area contributed by atoms with Crippen molar-refractivity contribution in [2.24, 2.45) is 5.73 Å². The third kappa shape index (κ3) is 4.22. The molecule has 110 valence electrons. The Kier molecular flexibility index (Phi) is 5.95. The lowest BCUT2D eigenvalue weighted by Crippen LogP contribution is -2.36. The Hall–Kier alpha value is -2.12. The van der Waals surface area contributed by atoms with Gasteiger partial charge in [-0.15, -0.1) is 0 Å². The molecule has 1 rings (SSSR count). The van der Waals surface area contributed by atoms with Crippen LogP contribution in [0.25, 0.3) is 0 Å². The SMILES string of the molecule is COCCC(N)C(=O)Nc1cc(OC)ccc1C(=O)O. The lowest BCUT2D eigenvalue weighted by Gasteiger charge is -2.14. The van der Waals surface area contributed by atoms with E-state index >= 15 is 0 Å². The molecule has 0 heterocycles. The first kappa shape index (κ1) is 15.9. The van der Waals surface area contributed by atoms with E-state index in [1.165, 1.54) is 32.4 Å². The molecule has 0 fully saturated rings. The fraction of sp³-hybridized carbons (Fsp3) is 0.385. The number of carboxylic acid groups (broad SMARTS) is 1. The Balaban J connectivity index is 2.89. The van der Waals surface area contributed by atoms with Crippen LogP contribution in [-0.2, 0) is 9.53 Å². The number of amides is 1. The molecule has 0 bridgehead atoms. The molecule has 20 heavy (non-hydrogen) atoms. The first-order valence-corrected chi connectivity index (χ1v) is 5.96. The topological polar surface area (TPSA) is 111 Å². The number of benzene rings is 1. The van der Waals surface area contributed by atoms with Gasteiger partial charge in [0.15, 0.2) is 0 Å². The third-order valence-electron chi connectivity index (χ3n) is 2.68. The van der Waals surface area contributed by atoms with E-state index in [-0.39, 0.29) is 11.3 Å². The predicted molar refractivity (Wildman–Crippen MR) is 73.1 cm³/mol. The number of aromatic carboxylic acids is 1. The van der Waals surface area contributed by atoms with Crippen molar-refractivity contribution >= 4 is 17.6 Å². The lowest BCUT2D eigenvalue weighted by atomic mass is 10.1. The number of hydrogen-bond acceptors (Lipinski definition) is 5. The highest BCUT2D eigenvalue weighted by atomic mass is 16.5. The van der Waals surface area contributed by atoms with Gasteiger partial charge in [-0.2, -0.15) is 0 Å². The number of carbonyl (C=O) groups is 2. The molecule has 0 radical (unpaired) electrons. The number of methoxy groups -OCH3 is 2. The summed E-state index contributed by atoms with van der Waals surface area (Å²) in [5.41, 5.74) is 5.80. The number of carbonyl (C=O) groups excluding carboxylic acids is 1. The van der Waals surface area contributed by atoms with E-state index in [1.807, 2.05) is 0 Å². The van der Waals surface area contributed by atoms with Crippen LogP contribution in [0.3, 0.4) is 0 Å². The number of carboxylic acids is 1. The molecule has 7 nitrogen and oxygen atoms in total. The van der Waals surface area contributed by atoms with E-state index in [0.29, 0.717) is 18.8 Å². The van der Waals surface area contributed by atoms with E-state index in [2.05, 4.69) is 5.32 Å². The average Bonchev–Trinajstić information content (AvgIpc) is 2.44. The number of anilines is 1. The van der Waals surface area contributed by atoms with E-state index in [0.717, 1.165) is 0 Å². The van der Waals surface area contributed by atoms with Crippen molar-refractivity contribution in [3.05, 3.63) is 23.8 Å². The molecule has 4 N–H and O–H groups in total. The molecule has 1 aromatic rings. The van der Waals surface area contributed by atoms with Crippen LogP contribution in [0.1, 0.15) is 16.8 Å². The summed E-state index contributed by atoms with van der Waals surface area (Å²) in [5.74, 6) is -1.18. The summed E-state index contributed by atoms with van der Waals surface area (Å²) in [4.78, 5) is 23.0. The molecule has 1 unspecified atom stereocenters. The largest absolute Gasteiger partial charge is 0.497 e. The quantitative estimate of drug-likeness (QED) is 0.678. The number of ether oxygens (including phenoxy) is 2. The van der Waals surface area contributed by atoms with Crippen LogP contribution in [0.4, 0.5) is 5.69 Å². The molecule has 0 aliphatic heterocycles. The highest BCUT2D eigenvalue weighted by molar-refractivity contribution is 6.02. The summed E-state index contributed by atoms with van der Waals surface area (Å²) in [6.07, 6.45) is 0.342. The van der Waals surface area contributed by atoms with E-state index in [4.69, 9.17) is 20.3 Å². The van der Waals surface area contributed by atoms with Crippen molar-refractivity contribution in [3.63, 3.8) is 0 Å². The Labute approximate surface area is 116 Å². The zero-order valence-corrected chi connectivity index (χ0v) is 11.4. The minimum Gasteiger partial charge on any atom is -0.497 e. The average molecular weight is 282 g/mol. The Morgan fingerprint density at radius 1 is 1.40 bits per heavy atom. The molecule has 0 aromatic heterocycles. The number of hydrogen-bond donors (Lipinski definition) is 3. The number of nitrogens with two attached hydrogens (primary N) is 1. The molecule has 0 aliphatic rings. The molecular formula is C13H18N2O5. The van der Waals surface area contributed by atoms with Crippen molar-refractivity contribution in [1.82, 2.24) is 0 Å². The van der Waals surface area contributed by atoms with Crippen molar-refractivity contribution in [2.75, 3.05) is 26.1 Å². The monoisotopic (exact) mass is 282 g/mol. The van der Waals surface area contributed by atoms with Crippen LogP contribution in [0, 0.1) is 0 Å². The Bertz CT molecular complexity index is 490. The molecular weight excluding hydrogens is 264 g/mol. The minimum atomic E-state index is -1.14. The summed E-state index contributed by atoms with van der Waals surface area (Å²) in [6, 6.07) is 3.52.